The van der Waals surface area contributed by atoms with Crippen LogP contribution in [-0.4, -0.2) is 66.1 Å². The van der Waals surface area contributed by atoms with Gasteiger partial charge in [-0.2, -0.15) is 5.10 Å². The Labute approximate surface area is 241 Å². The second kappa shape index (κ2) is 11.0. The zero-order valence-corrected chi connectivity index (χ0v) is 24.1. The third-order valence-corrected chi connectivity index (χ3v) is 8.52. The summed E-state index contributed by atoms with van der Waals surface area (Å²) in [5, 5.41) is 17.6. The van der Waals surface area contributed by atoms with Gasteiger partial charge in [0.2, 0.25) is 5.75 Å². The lowest BCUT2D eigenvalue weighted by Crippen LogP contribution is -2.54. The highest BCUT2D eigenvalue weighted by Gasteiger charge is 2.50. The Morgan fingerprint density at radius 2 is 1.81 bits per heavy atom. The summed E-state index contributed by atoms with van der Waals surface area (Å²) in [7, 11) is 4.84. The fraction of sp³-hybridized carbons (Fsp3) is 0.448. The van der Waals surface area contributed by atoms with Crippen LogP contribution in [0.2, 0.25) is 0 Å². The Morgan fingerprint density at radius 3 is 2.43 bits per heavy atom. The van der Waals surface area contributed by atoms with Crippen LogP contribution in [0.25, 0.3) is 0 Å². The molecule has 1 saturated carbocycles. The van der Waals surface area contributed by atoms with E-state index >= 15 is 0 Å². The second-order valence-electron chi connectivity index (χ2n) is 11.3. The summed E-state index contributed by atoms with van der Waals surface area (Å²) >= 11 is 0. The molecule has 0 spiro atoms. The maximum Gasteiger partial charge on any atom is 0.312 e. The number of aromatic nitrogens is 4. The predicted molar refractivity (Wildman–Crippen MR) is 149 cm³/mol. The lowest BCUT2D eigenvalue weighted by molar-refractivity contribution is -0.155. The number of hydrogen-bond donors (Lipinski definition) is 2. The van der Waals surface area contributed by atoms with Crippen LogP contribution in [-0.2, 0) is 41.8 Å². The Hall–Kier alpha value is -4.55. The molecule has 0 radical (unpaired) electrons. The molecule has 6 rings (SSSR count). The van der Waals surface area contributed by atoms with Crippen molar-refractivity contribution in [3.63, 3.8) is 0 Å². The number of halogens is 1. The topological polar surface area (TPSA) is 143 Å². The van der Waals surface area contributed by atoms with Gasteiger partial charge in [-0.3, -0.25) is 28.4 Å². The third kappa shape index (κ3) is 5.14. The van der Waals surface area contributed by atoms with Gasteiger partial charge in [0.15, 0.2) is 5.69 Å². The normalized spacial score (nSPS) is 19.1. The van der Waals surface area contributed by atoms with Crippen LogP contribution in [0.15, 0.2) is 35.3 Å². The minimum Gasteiger partial charge on any atom is -0.501 e. The smallest absolute Gasteiger partial charge is 0.312 e. The van der Waals surface area contributed by atoms with Crippen molar-refractivity contribution < 1.29 is 23.9 Å². The van der Waals surface area contributed by atoms with Crippen molar-refractivity contribution in [2.24, 2.45) is 13.0 Å². The number of nitrogens with zero attached hydrogens (tertiary/aromatic N) is 6. The van der Waals surface area contributed by atoms with Gasteiger partial charge in [0.1, 0.15) is 17.2 Å². The monoisotopic (exact) mass is 579 g/mol. The van der Waals surface area contributed by atoms with Crippen LogP contribution in [0.5, 0.6) is 5.75 Å². The van der Waals surface area contributed by atoms with E-state index in [-0.39, 0.29) is 31.4 Å². The van der Waals surface area contributed by atoms with E-state index < -0.39 is 46.1 Å². The first-order valence-electron chi connectivity index (χ1n) is 13.8. The Bertz CT molecular complexity index is 1610. The number of carbonyl (C=O) groups is 3. The van der Waals surface area contributed by atoms with Crippen LogP contribution < -0.4 is 10.9 Å². The molecule has 3 aliphatic rings. The number of aromatic hydroxyl groups is 1. The van der Waals surface area contributed by atoms with Gasteiger partial charge >= 0.3 is 11.8 Å². The molecule has 42 heavy (non-hydrogen) atoms. The fourth-order valence-corrected chi connectivity index (χ4v) is 6.03. The van der Waals surface area contributed by atoms with Crippen molar-refractivity contribution in [2.75, 3.05) is 14.1 Å². The molecular weight excluding hydrogens is 545 g/mol. The lowest BCUT2D eigenvalue weighted by Gasteiger charge is -2.43. The maximum atomic E-state index is 13.7. The number of likely N-dealkylation sites (N-methyl/N-ethyl adjacent to an activating group) is 2. The summed E-state index contributed by atoms with van der Waals surface area (Å²) in [5.74, 6) is -3.20. The number of hydrogen-bond acceptors (Lipinski definition) is 7. The van der Waals surface area contributed by atoms with E-state index in [0.29, 0.717) is 31.2 Å². The number of rotatable bonds is 6. The lowest BCUT2D eigenvalue weighted by atomic mass is 9.76. The number of fused-ring (bicyclic) bond motifs is 2. The van der Waals surface area contributed by atoms with Crippen LogP contribution in [0.1, 0.15) is 58.8 Å². The van der Waals surface area contributed by atoms with Gasteiger partial charge in [0.05, 0.1) is 5.69 Å². The van der Waals surface area contributed by atoms with Gasteiger partial charge in [-0.15, -0.1) is 0 Å². The molecule has 1 aromatic carbocycles. The zero-order chi connectivity index (χ0) is 30.3. The SMILES string of the molecule is Cc1nn(C)cc1CN(C)C(=O)C(=O)N(C)C12CCC(CC1)Cn1c2nc(C(=O)NCc2ccc(F)cc2)c(O)c1=O. The van der Waals surface area contributed by atoms with E-state index in [2.05, 4.69) is 15.4 Å². The molecule has 0 atom stereocenters. The van der Waals surface area contributed by atoms with Crippen molar-refractivity contribution >= 4 is 17.7 Å². The molecule has 3 amide bonds. The van der Waals surface area contributed by atoms with Gasteiger partial charge in [-0.1, -0.05) is 12.1 Å². The van der Waals surface area contributed by atoms with Crippen LogP contribution >= 0.6 is 0 Å². The first-order chi connectivity index (χ1) is 19.9. The number of carbonyl (C=O) groups excluding carboxylic acids is 3. The van der Waals surface area contributed by atoms with E-state index in [0.717, 1.165) is 11.3 Å². The summed E-state index contributed by atoms with van der Waals surface area (Å²) in [6.45, 7) is 2.31. The molecule has 0 saturated heterocycles. The van der Waals surface area contributed by atoms with Crippen LogP contribution in [0.3, 0.4) is 0 Å². The Kier molecular flexibility index (Phi) is 7.60. The highest BCUT2D eigenvalue weighted by atomic mass is 19.1. The van der Waals surface area contributed by atoms with Gasteiger partial charge < -0.3 is 20.2 Å². The van der Waals surface area contributed by atoms with E-state index in [9.17, 15) is 28.7 Å². The average Bonchev–Trinajstić information content (AvgIpc) is 3.12. The van der Waals surface area contributed by atoms with E-state index in [1.165, 1.54) is 45.7 Å². The van der Waals surface area contributed by atoms with Crippen molar-refractivity contribution in [2.45, 2.75) is 57.8 Å². The molecule has 3 aromatic rings. The Morgan fingerprint density at radius 1 is 1.14 bits per heavy atom. The number of benzene rings is 1. The molecule has 4 heterocycles. The minimum absolute atomic E-state index is 0.0154. The summed E-state index contributed by atoms with van der Waals surface area (Å²) in [4.78, 5) is 60.7. The first kappa shape index (κ1) is 29.0. The summed E-state index contributed by atoms with van der Waals surface area (Å²) in [5.41, 5.74) is -0.205. The van der Waals surface area contributed by atoms with Crippen molar-refractivity contribution in [1.29, 1.82) is 0 Å². The quantitative estimate of drug-likeness (QED) is 0.422. The van der Waals surface area contributed by atoms with Crippen molar-refractivity contribution in [3.05, 3.63) is 75.0 Å². The van der Waals surface area contributed by atoms with Crippen molar-refractivity contribution in [1.82, 2.24) is 34.4 Å². The van der Waals surface area contributed by atoms with Gasteiger partial charge in [0, 0.05) is 52.5 Å². The second-order valence-corrected chi connectivity index (χ2v) is 11.3. The van der Waals surface area contributed by atoms with E-state index in [1.54, 1.807) is 25.0 Å². The number of amides is 3. The summed E-state index contributed by atoms with van der Waals surface area (Å²) in [6.07, 6.45) is 4.01. The first-order valence-corrected chi connectivity index (χ1v) is 13.8. The number of nitrogens with one attached hydrogen (secondary N) is 1. The predicted octanol–water partition coefficient (Wildman–Crippen LogP) is 1.58. The van der Waals surface area contributed by atoms with Crippen molar-refractivity contribution in [3.8, 4) is 5.75 Å². The molecule has 12 nitrogen and oxygen atoms in total. The fourth-order valence-electron chi connectivity index (χ4n) is 6.03. The molecule has 222 valence electrons. The largest absolute Gasteiger partial charge is 0.501 e. The average molecular weight is 580 g/mol. The third-order valence-electron chi connectivity index (χ3n) is 8.52. The van der Waals surface area contributed by atoms with E-state index in [4.69, 9.17) is 0 Å². The molecule has 2 aliphatic heterocycles. The highest BCUT2D eigenvalue weighted by molar-refractivity contribution is 6.34. The highest BCUT2D eigenvalue weighted by Crippen LogP contribution is 2.46. The molecule has 13 heteroatoms. The molecular formula is C29H34FN7O5. The zero-order valence-electron chi connectivity index (χ0n) is 24.1. The molecule has 2 bridgehead atoms. The molecule has 2 N–H and O–H groups in total. The maximum absolute atomic E-state index is 13.7. The molecule has 0 unspecified atom stereocenters. The minimum atomic E-state index is -1.14. The van der Waals surface area contributed by atoms with Crippen LogP contribution in [0.4, 0.5) is 4.39 Å². The summed E-state index contributed by atoms with van der Waals surface area (Å²) in [6, 6.07) is 5.53. The summed E-state index contributed by atoms with van der Waals surface area (Å²) < 4.78 is 16.2. The molecule has 1 aliphatic carbocycles. The van der Waals surface area contributed by atoms with Crippen LogP contribution in [0, 0.1) is 18.7 Å². The molecule has 1 fully saturated rings. The van der Waals surface area contributed by atoms with E-state index in [1.807, 2.05) is 6.92 Å². The Balaban J connectivity index is 1.45. The molecule has 2 aromatic heterocycles. The van der Waals surface area contributed by atoms with Gasteiger partial charge in [-0.05, 0) is 56.2 Å². The van der Waals surface area contributed by atoms with Gasteiger partial charge in [-0.25, -0.2) is 9.37 Å². The standard InChI is InChI=1S/C29H34FN7O5/c1-17-20(16-35(3)33-17)15-34(2)26(41)27(42)36(4)29-11-9-19(10-12-29)14-37-25(40)23(38)22(32-28(29)37)24(39)31-13-18-5-7-21(30)8-6-18/h5-8,16,19,38H,9-15H2,1-4H3,(H,31,39). The number of aryl methyl sites for hydroxylation is 2. The van der Waals surface area contributed by atoms with Gasteiger partial charge in [0.25, 0.3) is 11.5 Å².